The molecular weight excluding hydrogens is 245 g/mol. The molecule has 0 radical (unpaired) electrons. The monoisotopic (exact) mass is 267 g/mol. The Bertz CT molecular complexity index is 405. The Morgan fingerprint density at radius 1 is 1.32 bits per heavy atom. The van der Waals surface area contributed by atoms with Gasteiger partial charge in [-0.3, -0.25) is 9.69 Å². The van der Waals surface area contributed by atoms with E-state index in [0.29, 0.717) is 6.61 Å². The highest BCUT2D eigenvalue weighted by Crippen LogP contribution is 2.25. The molecule has 1 unspecified atom stereocenters. The minimum Gasteiger partial charge on any atom is -0.466 e. The molecule has 0 heterocycles. The van der Waals surface area contributed by atoms with Crippen molar-refractivity contribution in [3.63, 3.8) is 0 Å². The van der Waals surface area contributed by atoms with E-state index in [1.165, 1.54) is 12.1 Å². The number of benzene rings is 1. The van der Waals surface area contributed by atoms with E-state index in [2.05, 4.69) is 4.90 Å². The SMILES string of the molecule is CCOC(=O)CC(c1cccc(F)c1)N(CC)CC. The number of nitrogens with zero attached hydrogens (tertiary/aromatic N) is 1. The van der Waals surface area contributed by atoms with Gasteiger partial charge in [-0.15, -0.1) is 0 Å². The third kappa shape index (κ3) is 4.63. The van der Waals surface area contributed by atoms with E-state index in [1.54, 1.807) is 13.0 Å². The molecule has 0 aliphatic carbocycles. The molecule has 0 spiro atoms. The van der Waals surface area contributed by atoms with E-state index in [0.717, 1.165) is 18.7 Å². The van der Waals surface area contributed by atoms with Crippen LogP contribution in [0.1, 0.15) is 38.8 Å². The van der Waals surface area contributed by atoms with Gasteiger partial charge in [-0.25, -0.2) is 4.39 Å². The van der Waals surface area contributed by atoms with Gasteiger partial charge in [0.2, 0.25) is 0 Å². The van der Waals surface area contributed by atoms with Crippen molar-refractivity contribution < 1.29 is 13.9 Å². The highest BCUT2D eigenvalue weighted by Gasteiger charge is 2.22. The van der Waals surface area contributed by atoms with Crippen LogP contribution in [0.25, 0.3) is 0 Å². The summed E-state index contributed by atoms with van der Waals surface area (Å²) in [6.45, 7) is 7.82. The topological polar surface area (TPSA) is 29.5 Å². The highest BCUT2D eigenvalue weighted by molar-refractivity contribution is 5.70. The Hall–Kier alpha value is -1.42. The molecule has 0 saturated carbocycles. The molecule has 0 saturated heterocycles. The molecular formula is C15H22FNO2. The minimum atomic E-state index is -0.279. The van der Waals surface area contributed by atoms with Gasteiger partial charge in [0, 0.05) is 6.04 Å². The van der Waals surface area contributed by atoms with E-state index in [4.69, 9.17) is 4.74 Å². The van der Waals surface area contributed by atoms with E-state index in [9.17, 15) is 9.18 Å². The molecule has 3 nitrogen and oxygen atoms in total. The summed E-state index contributed by atoms with van der Waals surface area (Å²) in [7, 11) is 0. The summed E-state index contributed by atoms with van der Waals surface area (Å²) in [5.74, 6) is -0.526. The average molecular weight is 267 g/mol. The second-order valence-electron chi connectivity index (χ2n) is 4.30. The quantitative estimate of drug-likeness (QED) is 0.711. The first kappa shape index (κ1) is 15.6. The van der Waals surface area contributed by atoms with Crippen molar-refractivity contribution in [1.82, 2.24) is 4.90 Å². The number of rotatable bonds is 7. The lowest BCUT2D eigenvalue weighted by Crippen LogP contribution is -2.30. The van der Waals surface area contributed by atoms with Crippen molar-refractivity contribution in [3.8, 4) is 0 Å². The zero-order valence-corrected chi connectivity index (χ0v) is 11.9. The second kappa shape index (κ2) is 7.89. The summed E-state index contributed by atoms with van der Waals surface area (Å²) in [4.78, 5) is 13.8. The van der Waals surface area contributed by atoms with Crippen LogP contribution in [0.5, 0.6) is 0 Å². The number of esters is 1. The standard InChI is InChI=1S/C15H22FNO2/c1-4-17(5-2)14(11-15(18)19-6-3)12-8-7-9-13(16)10-12/h7-10,14H,4-6,11H2,1-3H3. The van der Waals surface area contributed by atoms with E-state index >= 15 is 0 Å². The van der Waals surface area contributed by atoms with Gasteiger partial charge in [0.05, 0.1) is 13.0 Å². The van der Waals surface area contributed by atoms with Crippen LogP contribution < -0.4 is 0 Å². The Labute approximate surface area is 114 Å². The highest BCUT2D eigenvalue weighted by atomic mass is 19.1. The molecule has 0 aliphatic heterocycles. The lowest BCUT2D eigenvalue weighted by molar-refractivity contribution is -0.144. The lowest BCUT2D eigenvalue weighted by Gasteiger charge is -2.29. The van der Waals surface area contributed by atoms with Crippen molar-refractivity contribution in [2.45, 2.75) is 33.2 Å². The minimum absolute atomic E-state index is 0.134. The molecule has 0 aromatic heterocycles. The van der Waals surface area contributed by atoms with Crippen molar-refractivity contribution in [2.24, 2.45) is 0 Å². The predicted octanol–water partition coefficient (Wildman–Crippen LogP) is 3.16. The number of carbonyl (C=O) groups excluding carboxylic acids is 1. The fourth-order valence-electron chi connectivity index (χ4n) is 2.21. The number of carbonyl (C=O) groups is 1. The molecule has 1 aromatic carbocycles. The second-order valence-corrected chi connectivity index (χ2v) is 4.30. The molecule has 1 rings (SSSR count). The smallest absolute Gasteiger partial charge is 0.307 e. The van der Waals surface area contributed by atoms with Crippen LogP contribution in [0, 0.1) is 5.82 Å². The Kier molecular flexibility index (Phi) is 6.50. The summed E-state index contributed by atoms with van der Waals surface area (Å²) in [5.41, 5.74) is 0.816. The van der Waals surface area contributed by atoms with E-state index < -0.39 is 0 Å². The van der Waals surface area contributed by atoms with Gasteiger partial charge in [-0.1, -0.05) is 26.0 Å². The van der Waals surface area contributed by atoms with Crippen LogP contribution in [-0.4, -0.2) is 30.6 Å². The van der Waals surface area contributed by atoms with Crippen molar-refractivity contribution >= 4 is 5.97 Å². The Morgan fingerprint density at radius 3 is 2.53 bits per heavy atom. The van der Waals surface area contributed by atoms with Crippen molar-refractivity contribution in [2.75, 3.05) is 19.7 Å². The van der Waals surface area contributed by atoms with Crippen LogP contribution in [-0.2, 0) is 9.53 Å². The number of hydrogen-bond donors (Lipinski definition) is 0. The van der Waals surface area contributed by atoms with E-state index in [-0.39, 0.29) is 24.2 Å². The summed E-state index contributed by atoms with van der Waals surface area (Å²) < 4.78 is 18.4. The maximum atomic E-state index is 13.3. The molecule has 19 heavy (non-hydrogen) atoms. The maximum Gasteiger partial charge on any atom is 0.307 e. The average Bonchev–Trinajstić information content (AvgIpc) is 2.39. The van der Waals surface area contributed by atoms with Crippen LogP contribution >= 0.6 is 0 Å². The summed E-state index contributed by atoms with van der Waals surface area (Å²) in [6, 6.07) is 6.29. The van der Waals surface area contributed by atoms with Crippen LogP contribution in [0.2, 0.25) is 0 Å². The fraction of sp³-hybridized carbons (Fsp3) is 0.533. The van der Waals surface area contributed by atoms with Gasteiger partial charge in [-0.2, -0.15) is 0 Å². The van der Waals surface area contributed by atoms with Gasteiger partial charge in [-0.05, 0) is 37.7 Å². The molecule has 0 amide bonds. The normalized spacial score (nSPS) is 12.5. The molecule has 1 atom stereocenters. The van der Waals surface area contributed by atoms with Gasteiger partial charge < -0.3 is 4.74 Å². The van der Waals surface area contributed by atoms with Gasteiger partial charge in [0.15, 0.2) is 0 Å². The van der Waals surface area contributed by atoms with Gasteiger partial charge in [0.1, 0.15) is 5.82 Å². The fourth-order valence-corrected chi connectivity index (χ4v) is 2.21. The maximum absolute atomic E-state index is 13.3. The van der Waals surface area contributed by atoms with Crippen LogP contribution in [0.3, 0.4) is 0 Å². The van der Waals surface area contributed by atoms with Crippen molar-refractivity contribution in [1.29, 1.82) is 0 Å². The van der Waals surface area contributed by atoms with Crippen molar-refractivity contribution in [3.05, 3.63) is 35.6 Å². The third-order valence-electron chi connectivity index (χ3n) is 3.15. The summed E-state index contributed by atoms with van der Waals surface area (Å²) in [5, 5.41) is 0. The summed E-state index contributed by atoms with van der Waals surface area (Å²) in [6.07, 6.45) is 0.249. The molecule has 1 aromatic rings. The Morgan fingerprint density at radius 2 is 2.00 bits per heavy atom. The Balaban J connectivity index is 2.94. The van der Waals surface area contributed by atoms with Gasteiger partial charge >= 0.3 is 5.97 Å². The first-order valence-corrected chi connectivity index (χ1v) is 6.77. The molecule has 0 fully saturated rings. The predicted molar refractivity (Wildman–Crippen MR) is 73.3 cm³/mol. The zero-order chi connectivity index (χ0) is 14.3. The molecule has 106 valence electrons. The van der Waals surface area contributed by atoms with Gasteiger partial charge in [0.25, 0.3) is 0 Å². The molecule has 0 bridgehead atoms. The largest absolute Gasteiger partial charge is 0.466 e. The zero-order valence-electron chi connectivity index (χ0n) is 11.9. The first-order chi connectivity index (χ1) is 9.12. The molecule has 0 N–H and O–H groups in total. The summed E-state index contributed by atoms with van der Waals surface area (Å²) >= 11 is 0. The van der Waals surface area contributed by atoms with Crippen LogP contribution in [0.15, 0.2) is 24.3 Å². The van der Waals surface area contributed by atoms with E-state index in [1.807, 2.05) is 19.9 Å². The van der Waals surface area contributed by atoms with Crippen LogP contribution in [0.4, 0.5) is 4.39 Å². The third-order valence-corrected chi connectivity index (χ3v) is 3.15. The number of halogens is 1. The molecule has 0 aliphatic rings. The first-order valence-electron chi connectivity index (χ1n) is 6.77. The number of hydrogen-bond acceptors (Lipinski definition) is 3. The molecule has 4 heteroatoms. The number of ether oxygens (including phenoxy) is 1. The lowest BCUT2D eigenvalue weighted by atomic mass is 10.0.